The lowest BCUT2D eigenvalue weighted by Gasteiger charge is -2.12. The van der Waals surface area contributed by atoms with E-state index in [1.807, 2.05) is 24.3 Å². The van der Waals surface area contributed by atoms with Gasteiger partial charge < -0.3 is 0 Å². The molecule has 0 N–H and O–H groups in total. The maximum Gasteiger partial charge on any atom is 0.123 e. The maximum atomic E-state index is 13.3. The van der Waals surface area contributed by atoms with Gasteiger partial charge in [0.2, 0.25) is 0 Å². The number of hydrogen-bond acceptors (Lipinski definition) is 2. The Hall–Kier alpha value is -1.26. The highest BCUT2D eigenvalue weighted by Gasteiger charge is 2.14. The summed E-state index contributed by atoms with van der Waals surface area (Å²) >= 11 is 5.25. The molecule has 1 nitrogen and oxygen atoms in total. The predicted octanol–water partition coefficient (Wildman–Crippen LogP) is 5.16. The molecule has 0 saturated heterocycles. The van der Waals surface area contributed by atoms with E-state index in [0.29, 0.717) is 0 Å². The maximum absolute atomic E-state index is 13.3. The van der Waals surface area contributed by atoms with Crippen molar-refractivity contribution in [1.82, 2.24) is 4.98 Å². The Labute approximate surface area is 129 Å². The summed E-state index contributed by atoms with van der Waals surface area (Å²) in [7, 11) is 0. The molecule has 0 amide bonds. The largest absolute Gasteiger partial charge is 0.241 e. The summed E-state index contributed by atoms with van der Waals surface area (Å²) in [5.74, 6) is 0.0593. The van der Waals surface area contributed by atoms with Gasteiger partial charge in [0.1, 0.15) is 5.82 Å². The first-order chi connectivity index (χ1) is 9.76. The number of fused-ring (bicyclic) bond motifs is 1. The molecule has 1 atom stereocenters. The highest BCUT2D eigenvalue weighted by molar-refractivity contribution is 9.09. The molecule has 1 heterocycles. The number of hydrogen-bond donors (Lipinski definition) is 0. The van der Waals surface area contributed by atoms with Gasteiger partial charge in [0.15, 0.2) is 0 Å². The van der Waals surface area contributed by atoms with Crippen molar-refractivity contribution in [3.63, 3.8) is 0 Å². The highest BCUT2D eigenvalue weighted by atomic mass is 79.9. The van der Waals surface area contributed by atoms with Gasteiger partial charge in [-0.25, -0.2) is 9.37 Å². The molecule has 0 bridgehead atoms. The Kier molecular flexibility index (Phi) is 4.13. The number of para-hydroxylation sites is 1. The number of aromatic nitrogens is 1. The molecule has 0 aliphatic carbocycles. The van der Waals surface area contributed by atoms with Gasteiger partial charge in [0.05, 0.1) is 15.2 Å². The van der Waals surface area contributed by atoms with Crippen LogP contribution in [0.25, 0.3) is 10.2 Å². The average molecular weight is 350 g/mol. The second kappa shape index (κ2) is 6.02. The Morgan fingerprint density at radius 3 is 2.75 bits per heavy atom. The first kappa shape index (κ1) is 13.7. The van der Waals surface area contributed by atoms with Gasteiger partial charge in [-0.2, -0.15) is 0 Å². The van der Waals surface area contributed by atoms with Crippen LogP contribution in [0.2, 0.25) is 0 Å². The monoisotopic (exact) mass is 349 g/mol. The zero-order valence-corrected chi connectivity index (χ0v) is 13.1. The number of halogens is 2. The lowest BCUT2D eigenvalue weighted by Crippen LogP contribution is -2.04. The molecule has 102 valence electrons. The van der Waals surface area contributed by atoms with E-state index < -0.39 is 0 Å². The van der Waals surface area contributed by atoms with E-state index in [1.165, 1.54) is 10.8 Å². The molecule has 0 spiro atoms. The van der Waals surface area contributed by atoms with Crippen molar-refractivity contribution in [2.24, 2.45) is 0 Å². The van der Waals surface area contributed by atoms with Crippen LogP contribution in [-0.2, 0) is 6.42 Å². The fourth-order valence-corrected chi connectivity index (χ4v) is 3.89. The topological polar surface area (TPSA) is 12.9 Å². The predicted molar refractivity (Wildman–Crippen MR) is 86.3 cm³/mol. The van der Waals surface area contributed by atoms with Crippen molar-refractivity contribution in [3.8, 4) is 0 Å². The summed E-state index contributed by atoms with van der Waals surface area (Å²) in [5.41, 5.74) is 2.06. The van der Waals surface area contributed by atoms with Crippen molar-refractivity contribution >= 4 is 37.5 Å². The third-order valence-electron chi connectivity index (χ3n) is 3.27. The fraction of sp³-hybridized carbons (Fsp3) is 0.188. The number of rotatable bonds is 4. The molecule has 1 aromatic heterocycles. The normalized spacial score (nSPS) is 12.7. The van der Waals surface area contributed by atoms with Crippen LogP contribution in [0.4, 0.5) is 4.39 Å². The van der Waals surface area contributed by atoms with Gasteiger partial charge in [-0.15, -0.1) is 11.3 Å². The quantitative estimate of drug-likeness (QED) is 0.593. The molecular weight excluding hydrogens is 337 g/mol. The summed E-state index contributed by atoms with van der Waals surface area (Å²) in [4.78, 5) is 4.65. The van der Waals surface area contributed by atoms with Crippen LogP contribution in [0, 0.1) is 5.82 Å². The SMILES string of the molecule is Fc1cccc(C(CBr)Cc2nc3ccccc3s2)c1. The van der Waals surface area contributed by atoms with Gasteiger partial charge in [-0.3, -0.25) is 0 Å². The van der Waals surface area contributed by atoms with Gasteiger partial charge >= 0.3 is 0 Å². The van der Waals surface area contributed by atoms with Crippen LogP contribution >= 0.6 is 27.3 Å². The Bertz CT molecular complexity index is 692. The first-order valence-corrected chi connectivity index (χ1v) is 8.36. The number of nitrogens with zero attached hydrogens (tertiary/aromatic N) is 1. The first-order valence-electron chi connectivity index (χ1n) is 6.42. The lowest BCUT2D eigenvalue weighted by molar-refractivity contribution is 0.621. The van der Waals surface area contributed by atoms with Crippen molar-refractivity contribution < 1.29 is 4.39 Å². The third kappa shape index (κ3) is 2.91. The van der Waals surface area contributed by atoms with Gasteiger partial charge in [0, 0.05) is 11.8 Å². The Morgan fingerprint density at radius 2 is 2.00 bits per heavy atom. The third-order valence-corrected chi connectivity index (χ3v) is 5.11. The second-order valence-electron chi connectivity index (χ2n) is 4.69. The minimum absolute atomic E-state index is 0.183. The molecule has 3 aromatic rings. The van der Waals surface area contributed by atoms with E-state index in [1.54, 1.807) is 23.5 Å². The molecule has 4 heteroatoms. The number of alkyl halides is 1. The van der Waals surface area contributed by atoms with Crippen LogP contribution < -0.4 is 0 Å². The standard InChI is InChI=1S/C16H13BrFNS/c17-10-12(11-4-3-5-13(18)8-11)9-16-19-14-6-1-2-7-15(14)20-16/h1-8,12H,9-10H2. The molecule has 1 unspecified atom stereocenters. The summed E-state index contributed by atoms with van der Waals surface area (Å²) in [6.45, 7) is 0. The molecule has 0 aliphatic rings. The zero-order valence-electron chi connectivity index (χ0n) is 10.7. The zero-order chi connectivity index (χ0) is 13.9. The van der Waals surface area contributed by atoms with Crippen molar-refractivity contribution in [2.45, 2.75) is 12.3 Å². The molecule has 0 aliphatic heterocycles. The molecule has 20 heavy (non-hydrogen) atoms. The molecule has 0 saturated carbocycles. The summed E-state index contributed by atoms with van der Waals surface area (Å²) < 4.78 is 14.5. The smallest absolute Gasteiger partial charge is 0.123 e. The molecule has 0 radical (unpaired) electrons. The van der Waals surface area contributed by atoms with Crippen LogP contribution in [0.15, 0.2) is 48.5 Å². The van der Waals surface area contributed by atoms with Crippen LogP contribution in [0.1, 0.15) is 16.5 Å². The Morgan fingerprint density at radius 1 is 1.15 bits per heavy atom. The molecule has 3 rings (SSSR count). The van der Waals surface area contributed by atoms with E-state index in [0.717, 1.165) is 27.8 Å². The van der Waals surface area contributed by atoms with E-state index in [2.05, 4.69) is 27.0 Å². The van der Waals surface area contributed by atoms with E-state index in [9.17, 15) is 4.39 Å². The number of benzene rings is 2. The lowest BCUT2D eigenvalue weighted by atomic mass is 9.98. The fourth-order valence-electron chi connectivity index (χ4n) is 2.24. The van der Waals surface area contributed by atoms with Crippen molar-refractivity contribution in [1.29, 1.82) is 0 Å². The van der Waals surface area contributed by atoms with E-state index in [-0.39, 0.29) is 11.7 Å². The van der Waals surface area contributed by atoms with Crippen LogP contribution in [0.3, 0.4) is 0 Å². The van der Waals surface area contributed by atoms with Gasteiger partial charge in [-0.1, -0.05) is 40.2 Å². The van der Waals surface area contributed by atoms with Crippen LogP contribution in [0.5, 0.6) is 0 Å². The number of thiazole rings is 1. The summed E-state index contributed by atoms with van der Waals surface area (Å²) in [6, 6.07) is 15.0. The molecule has 0 fully saturated rings. The van der Waals surface area contributed by atoms with E-state index >= 15 is 0 Å². The Balaban J connectivity index is 1.87. The van der Waals surface area contributed by atoms with Gasteiger partial charge in [0.25, 0.3) is 0 Å². The molecular formula is C16H13BrFNS. The summed E-state index contributed by atoms with van der Waals surface area (Å²) in [5, 5.41) is 1.90. The second-order valence-corrected chi connectivity index (χ2v) is 6.45. The minimum atomic E-state index is -0.183. The summed E-state index contributed by atoms with van der Waals surface area (Å²) in [6.07, 6.45) is 0.827. The average Bonchev–Trinajstić information content (AvgIpc) is 2.87. The molecule has 2 aromatic carbocycles. The van der Waals surface area contributed by atoms with Crippen molar-refractivity contribution in [2.75, 3.05) is 5.33 Å². The minimum Gasteiger partial charge on any atom is -0.241 e. The van der Waals surface area contributed by atoms with Crippen LogP contribution in [-0.4, -0.2) is 10.3 Å². The highest BCUT2D eigenvalue weighted by Crippen LogP contribution is 2.28. The van der Waals surface area contributed by atoms with E-state index in [4.69, 9.17) is 0 Å². The van der Waals surface area contributed by atoms with Crippen molar-refractivity contribution in [3.05, 3.63) is 64.9 Å². The van der Waals surface area contributed by atoms with Gasteiger partial charge in [-0.05, 0) is 35.7 Å².